The molecule has 23 heavy (non-hydrogen) atoms. The quantitative estimate of drug-likeness (QED) is 0.774. The number of carboxylic acid groups (broad SMARTS) is 1. The molecule has 0 heterocycles. The fourth-order valence-corrected chi connectivity index (χ4v) is 2.73. The lowest BCUT2D eigenvalue weighted by Crippen LogP contribution is -2.41. The molecule has 0 atom stereocenters. The summed E-state index contributed by atoms with van der Waals surface area (Å²) < 4.78 is 10.3. The number of carboxylic acids is 1. The van der Waals surface area contributed by atoms with Crippen LogP contribution in [-0.4, -0.2) is 37.4 Å². The third-order valence-corrected chi connectivity index (χ3v) is 4.07. The lowest BCUT2D eigenvalue weighted by atomic mass is 9.86. The molecule has 0 bridgehead atoms. The zero-order chi connectivity index (χ0) is 16.8. The van der Waals surface area contributed by atoms with Crippen LogP contribution in [0, 0.1) is 5.92 Å². The molecule has 7 heteroatoms. The van der Waals surface area contributed by atoms with Gasteiger partial charge in [-0.25, -0.2) is 4.79 Å². The van der Waals surface area contributed by atoms with Crippen LogP contribution in [0.2, 0.25) is 0 Å². The van der Waals surface area contributed by atoms with Crippen molar-refractivity contribution in [2.45, 2.75) is 31.7 Å². The summed E-state index contributed by atoms with van der Waals surface area (Å²) in [5.74, 6) is 0.0996. The second-order valence-corrected chi connectivity index (χ2v) is 5.55. The van der Waals surface area contributed by atoms with Crippen molar-refractivity contribution in [3.8, 4) is 11.5 Å². The van der Waals surface area contributed by atoms with Crippen molar-refractivity contribution in [2.75, 3.05) is 19.5 Å². The highest BCUT2D eigenvalue weighted by molar-refractivity contribution is 5.91. The Morgan fingerprint density at radius 3 is 2.39 bits per heavy atom. The molecule has 1 aromatic carbocycles. The average molecular weight is 322 g/mol. The van der Waals surface area contributed by atoms with E-state index in [2.05, 4.69) is 10.6 Å². The zero-order valence-electron chi connectivity index (χ0n) is 13.3. The van der Waals surface area contributed by atoms with E-state index in [1.54, 1.807) is 25.3 Å². The highest BCUT2D eigenvalue weighted by Gasteiger charge is 2.26. The molecule has 1 aliphatic rings. The number of amides is 2. The second kappa shape index (κ2) is 7.71. The summed E-state index contributed by atoms with van der Waals surface area (Å²) in [4.78, 5) is 23.0. The molecule has 1 saturated carbocycles. The van der Waals surface area contributed by atoms with Gasteiger partial charge in [0.2, 0.25) is 0 Å². The van der Waals surface area contributed by atoms with Crippen LogP contribution in [0.4, 0.5) is 10.5 Å². The lowest BCUT2D eigenvalue weighted by molar-refractivity contribution is -0.142. The second-order valence-electron chi connectivity index (χ2n) is 5.55. The summed E-state index contributed by atoms with van der Waals surface area (Å²) in [5.41, 5.74) is 0.546. The molecule has 126 valence electrons. The summed E-state index contributed by atoms with van der Waals surface area (Å²) in [6, 6.07) is 4.80. The van der Waals surface area contributed by atoms with E-state index < -0.39 is 5.97 Å². The van der Waals surface area contributed by atoms with Gasteiger partial charge in [0, 0.05) is 12.1 Å². The van der Waals surface area contributed by atoms with Crippen molar-refractivity contribution in [2.24, 2.45) is 5.92 Å². The Balaban J connectivity index is 1.89. The Labute approximate surface area is 135 Å². The number of ether oxygens (including phenoxy) is 2. The number of hydrogen-bond acceptors (Lipinski definition) is 4. The van der Waals surface area contributed by atoms with Gasteiger partial charge in [-0.2, -0.15) is 0 Å². The fourth-order valence-electron chi connectivity index (χ4n) is 2.73. The van der Waals surface area contributed by atoms with Gasteiger partial charge in [0.25, 0.3) is 0 Å². The van der Waals surface area contributed by atoms with Gasteiger partial charge in [-0.3, -0.25) is 4.79 Å². The van der Waals surface area contributed by atoms with Gasteiger partial charge in [0.15, 0.2) is 0 Å². The topological polar surface area (TPSA) is 96.9 Å². The van der Waals surface area contributed by atoms with E-state index in [-0.39, 0.29) is 18.0 Å². The van der Waals surface area contributed by atoms with E-state index in [1.165, 1.54) is 7.11 Å². The van der Waals surface area contributed by atoms with Crippen molar-refractivity contribution in [3.63, 3.8) is 0 Å². The van der Waals surface area contributed by atoms with E-state index in [1.807, 2.05) is 0 Å². The molecule has 3 N–H and O–H groups in total. The maximum Gasteiger partial charge on any atom is 0.319 e. The Morgan fingerprint density at radius 1 is 1.13 bits per heavy atom. The number of hydrogen-bond donors (Lipinski definition) is 3. The Kier molecular flexibility index (Phi) is 5.67. The smallest absolute Gasteiger partial charge is 0.319 e. The number of urea groups is 1. The van der Waals surface area contributed by atoms with Crippen molar-refractivity contribution < 1.29 is 24.2 Å². The van der Waals surface area contributed by atoms with Gasteiger partial charge in [0.1, 0.15) is 11.5 Å². The Bertz CT molecular complexity index is 568. The van der Waals surface area contributed by atoms with Crippen LogP contribution >= 0.6 is 0 Å². The van der Waals surface area contributed by atoms with Crippen LogP contribution in [0.3, 0.4) is 0 Å². The van der Waals surface area contributed by atoms with Crippen molar-refractivity contribution in [1.29, 1.82) is 0 Å². The third-order valence-electron chi connectivity index (χ3n) is 4.07. The number of carbonyl (C=O) groups is 2. The van der Waals surface area contributed by atoms with Gasteiger partial charge in [-0.1, -0.05) is 0 Å². The number of carbonyl (C=O) groups excluding carboxylic acids is 1. The van der Waals surface area contributed by atoms with Crippen LogP contribution in [0.25, 0.3) is 0 Å². The predicted octanol–water partition coefficient (Wildman–Crippen LogP) is 2.47. The fraction of sp³-hybridized carbons (Fsp3) is 0.500. The SMILES string of the molecule is COc1ccc(NC(=O)NC2CCC(C(=O)O)CC2)c(OC)c1. The molecule has 0 unspecified atom stereocenters. The van der Waals surface area contributed by atoms with Gasteiger partial charge < -0.3 is 25.2 Å². The molecule has 0 aliphatic heterocycles. The maximum absolute atomic E-state index is 12.1. The van der Waals surface area contributed by atoms with Crippen molar-refractivity contribution >= 4 is 17.7 Å². The first-order valence-electron chi connectivity index (χ1n) is 7.55. The van der Waals surface area contributed by atoms with Crippen LogP contribution in [-0.2, 0) is 4.79 Å². The van der Waals surface area contributed by atoms with Gasteiger partial charge in [-0.15, -0.1) is 0 Å². The molecule has 0 spiro atoms. The molecular weight excluding hydrogens is 300 g/mol. The molecule has 0 aromatic heterocycles. The normalized spacial score (nSPS) is 20.4. The highest BCUT2D eigenvalue weighted by atomic mass is 16.5. The number of aliphatic carboxylic acids is 1. The van der Waals surface area contributed by atoms with E-state index in [4.69, 9.17) is 14.6 Å². The van der Waals surface area contributed by atoms with E-state index >= 15 is 0 Å². The number of nitrogens with one attached hydrogen (secondary N) is 2. The lowest BCUT2D eigenvalue weighted by Gasteiger charge is -2.27. The highest BCUT2D eigenvalue weighted by Crippen LogP contribution is 2.29. The molecule has 2 amide bonds. The van der Waals surface area contributed by atoms with E-state index in [9.17, 15) is 9.59 Å². The minimum Gasteiger partial charge on any atom is -0.497 e. The molecule has 1 aliphatic carbocycles. The van der Waals surface area contributed by atoms with Crippen LogP contribution in [0.15, 0.2) is 18.2 Å². The van der Waals surface area contributed by atoms with Gasteiger partial charge >= 0.3 is 12.0 Å². The van der Waals surface area contributed by atoms with Crippen molar-refractivity contribution in [1.82, 2.24) is 5.32 Å². The maximum atomic E-state index is 12.1. The molecular formula is C16H22N2O5. The summed E-state index contributed by atoms with van der Waals surface area (Å²) in [6.45, 7) is 0. The summed E-state index contributed by atoms with van der Waals surface area (Å²) in [6.07, 6.45) is 2.52. The number of methoxy groups -OCH3 is 2. The Morgan fingerprint density at radius 2 is 1.83 bits per heavy atom. The van der Waals surface area contributed by atoms with Gasteiger partial charge in [0.05, 0.1) is 25.8 Å². The van der Waals surface area contributed by atoms with Gasteiger partial charge in [-0.05, 0) is 37.8 Å². The summed E-state index contributed by atoms with van der Waals surface area (Å²) >= 11 is 0. The molecule has 0 radical (unpaired) electrons. The third kappa shape index (κ3) is 4.51. The van der Waals surface area contributed by atoms with E-state index in [0.29, 0.717) is 42.9 Å². The first-order valence-corrected chi connectivity index (χ1v) is 7.55. The standard InChI is InChI=1S/C16H22N2O5/c1-22-12-7-8-13(14(9-12)23-2)18-16(21)17-11-5-3-10(4-6-11)15(19)20/h7-11H,3-6H2,1-2H3,(H,19,20)(H2,17,18,21). The average Bonchev–Trinajstić information content (AvgIpc) is 2.55. The van der Waals surface area contributed by atoms with Crippen LogP contribution in [0.1, 0.15) is 25.7 Å². The largest absolute Gasteiger partial charge is 0.497 e. The van der Waals surface area contributed by atoms with Crippen molar-refractivity contribution in [3.05, 3.63) is 18.2 Å². The van der Waals surface area contributed by atoms with Crippen LogP contribution < -0.4 is 20.1 Å². The first kappa shape index (κ1) is 16.9. The van der Waals surface area contributed by atoms with Crippen LogP contribution in [0.5, 0.6) is 11.5 Å². The molecule has 2 rings (SSSR count). The number of rotatable bonds is 5. The summed E-state index contributed by atoms with van der Waals surface area (Å²) in [7, 11) is 3.08. The first-order chi connectivity index (χ1) is 11.0. The molecule has 1 aromatic rings. The minimum atomic E-state index is -0.754. The molecule has 1 fully saturated rings. The monoisotopic (exact) mass is 322 g/mol. The Hall–Kier alpha value is -2.44. The zero-order valence-corrected chi connectivity index (χ0v) is 13.3. The predicted molar refractivity (Wildman–Crippen MR) is 85.1 cm³/mol. The summed E-state index contributed by atoms with van der Waals surface area (Å²) in [5, 5.41) is 14.6. The molecule has 0 saturated heterocycles. The minimum absolute atomic E-state index is 0.00477. The molecule has 7 nitrogen and oxygen atoms in total. The van der Waals surface area contributed by atoms with E-state index in [0.717, 1.165) is 0 Å². The number of benzene rings is 1. The number of anilines is 1.